The van der Waals surface area contributed by atoms with E-state index in [-0.39, 0.29) is 23.8 Å². The number of likely N-dealkylation sites (tertiary alicyclic amines) is 1. The van der Waals surface area contributed by atoms with Gasteiger partial charge >= 0.3 is 5.97 Å². The largest absolute Gasteiger partial charge is 0.493 e. The Bertz CT molecular complexity index is 761. The zero-order valence-electron chi connectivity index (χ0n) is 14.2. The van der Waals surface area contributed by atoms with Crippen LogP contribution < -0.4 is 9.47 Å². The number of hydrogen-bond acceptors (Lipinski definition) is 4. The predicted molar refractivity (Wildman–Crippen MR) is 90.5 cm³/mol. The summed E-state index contributed by atoms with van der Waals surface area (Å²) in [5.41, 5.74) is 1.40. The number of piperidine rings is 1. The lowest BCUT2D eigenvalue weighted by Crippen LogP contribution is -2.41. The number of para-hydroxylation sites is 1. The first-order chi connectivity index (χ1) is 12.0. The minimum Gasteiger partial charge on any atom is -0.493 e. The summed E-state index contributed by atoms with van der Waals surface area (Å²) in [5.74, 6) is 0.390. The number of carbonyl (C=O) groups is 2. The molecule has 2 fully saturated rings. The predicted octanol–water partition coefficient (Wildman–Crippen LogP) is 2.18. The van der Waals surface area contributed by atoms with Crippen molar-refractivity contribution in [1.82, 2.24) is 4.90 Å². The van der Waals surface area contributed by atoms with Crippen molar-refractivity contribution in [2.75, 3.05) is 26.8 Å². The fraction of sp³-hybridized carbons (Fsp3) is 0.474. The van der Waals surface area contributed by atoms with Crippen molar-refractivity contribution in [3.8, 4) is 11.5 Å². The van der Waals surface area contributed by atoms with Gasteiger partial charge in [-0.05, 0) is 36.8 Å². The molecule has 1 N–H and O–H groups in total. The topological polar surface area (TPSA) is 76.1 Å². The Balaban J connectivity index is 1.46. The normalized spacial score (nSPS) is 23.3. The number of carbonyl (C=O) groups excluding carboxylic acids is 1. The summed E-state index contributed by atoms with van der Waals surface area (Å²) in [7, 11) is 1.59. The molecule has 0 radical (unpaired) electrons. The van der Waals surface area contributed by atoms with E-state index >= 15 is 0 Å². The number of fused-ring (bicyclic) bond motifs is 1. The Kier molecular flexibility index (Phi) is 3.71. The highest BCUT2D eigenvalue weighted by atomic mass is 16.5. The van der Waals surface area contributed by atoms with Crippen molar-refractivity contribution in [2.45, 2.75) is 19.3 Å². The van der Waals surface area contributed by atoms with E-state index in [0.717, 1.165) is 24.8 Å². The number of ether oxygens (including phenoxy) is 2. The maximum Gasteiger partial charge on any atom is 0.307 e. The van der Waals surface area contributed by atoms with Crippen LogP contribution in [0.2, 0.25) is 0 Å². The van der Waals surface area contributed by atoms with E-state index in [0.29, 0.717) is 30.2 Å². The van der Waals surface area contributed by atoms with Crippen molar-refractivity contribution in [1.29, 1.82) is 0 Å². The molecule has 1 amide bonds. The summed E-state index contributed by atoms with van der Waals surface area (Å²) in [6.07, 6.45) is 4.16. The molecule has 6 nitrogen and oxygen atoms in total. The third kappa shape index (κ3) is 2.65. The molecule has 2 aliphatic heterocycles. The molecule has 2 heterocycles. The number of aliphatic carboxylic acids is 1. The molecule has 25 heavy (non-hydrogen) atoms. The monoisotopic (exact) mass is 343 g/mol. The Morgan fingerprint density at radius 2 is 2.08 bits per heavy atom. The number of carboxylic acids is 1. The van der Waals surface area contributed by atoms with Crippen molar-refractivity contribution < 1.29 is 24.2 Å². The average Bonchev–Trinajstić information content (AvgIpc) is 3.34. The summed E-state index contributed by atoms with van der Waals surface area (Å²) in [4.78, 5) is 25.8. The zero-order valence-corrected chi connectivity index (χ0v) is 14.2. The Morgan fingerprint density at radius 1 is 1.32 bits per heavy atom. The number of rotatable bonds is 3. The number of hydrogen-bond donors (Lipinski definition) is 1. The maximum atomic E-state index is 12.8. The Hall–Kier alpha value is -2.50. The highest BCUT2D eigenvalue weighted by molar-refractivity contribution is 5.99. The van der Waals surface area contributed by atoms with Gasteiger partial charge in [0, 0.05) is 18.7 Å². The molecule has 4 rings (SSSR count). The van der Waals surface area contributed by atoms with Gasteiger partial charge < -0.3 is 19.5 Å². The van der Waals surface area contributed by atoms with Gasteiger partial charge in [0.2, 0.25) is 0 Å². The van der Waals surface area contributed by atoms with Crippen LogP contribution in [0.5, 0.6) is 11.5 Å². The van der Waals surface area contributed by atoms with Crippen molar-refractivity contribution in [2.24, 2.45) is 11.3 Å². The highest BCUT2D eigenvalue weighted by Gasteiger charge is 2.59. The van der Waals surface area contributed by atoms with Crippen LogP contribution in [-0.2, 0) is 9.59 Å². The van der Waals surface area contributed by atoms with Crippen LogP contribution in [0.15, 0.2) is 23.8 Å². The number of nitrogens with zero attached hydrogens (tertiary/aromatic N) is 1. The first kappa shape index (κ1) is 16.0. The molecule has 1 atom stereocenters. The molecule has 1 aromatic carbocycles. The summed E-state index contributed by atoms with van der Waals surface area (Å²) < 4.78 is 11.0. The van der Waals surface area contributed by atoms with E-state index in [1.54, 1.807) is 7.11 Å². The quantitative estimate of drug-likeness (QED) is 0.910. The summed E-state index contributed by atoms with van der Waals surface area (Å²) >= 11 is 0. The molecule has 0 aromatic heterocycles. The van der Waals surface area contributed by atoms with Gasteiger partial charge in [-0.2, -0.15) is 0 Å². The number of amides is 1. The van der Waals surface area contributed by atoms with Gasteiger partial charge in [0.25, 0.3) is 5.91 Å². The first-order valence-electron chi connectivity index (χ1n) is 8.56. The third-order valence-electron chi connectivity index (χ3n) is 5.74. The summed E-state index contributed by atoms with van der Waals surface area (Å²) in [6.45, 7) is 1.46. The minimum atomic E-state index is -0.700. The second kappa shape index (κ2) is 5.79. The van der Waals surface area contributed by atoms with Gasteiger partial charge in [-0.25, -0.2) is 0 Å². The van der Waals surface area contributed by atoms with Crippen LogP contribution in [0.1, 0.15) is 24.8 Å². The minimum absolute atomic E-state index is 0.0177. The second-order valence-corrected chi connectivity index (χ2v) is 7.09. The van der Waals surface area contributed by atoms with Gasteiger partial charge in [0.05, 0.1) is 18.6 Å². The van der Waals surface area contributed by atoms with E-state index < -0.39 is 5.97 Å². The van der Waals surface area contributed by atoms with E-state index in [1.165, 1.54) is 0 Å². The Morgan fingerprint density at radius 3 is 2.72 bits per heavy atom. The smallest absolute Gasteiger partial charge is 0.307 e. The van der Waals surface area contributed by atoms with Gasteiger partial charge in [-0.3, -0.25) is 9.59 Å². The number of carboxylic acid groups (broad SMARTS) is 1. The molecule has 3 aliphatic rings. The zero-order chi connectivity index (χ0) is 17.6. The molecular weight excluding hydrogens is 322 g/mol. The molecule has 1 aliphatic carbocycles. The maximum absolute atomic E-state index is 12.8. The molecule has 1 aromatic rings. The lowest BCUT2D eigenvalue weighted by molar-refractivity contribution is -0.139. The van der Waals surface area contributed by atoms with Crippen LogP contribution in [-0.4, -0.2) is 48.7 Å². The average molecular weight is 343 g/mol. The summed E-state index contributed by atoms with van der Waals surface area (Å²) in [5, 5.41) is 9.17. The third-order valence-corrected chi connectivity index (χ3v) is 5.74. The SMILES string of the molecule is COc1cccc2c1OCC(C(=O)N1CCC3(CC1)CC3C(=O)O)=C2. The van der Waals surface area contributed by atoms with E-state index in [2.05, 4.69) is 0 Å². The van der Waals surface area contributed by atoms with Crippen molar-refractivity contribution in [3.05, 3.63) is 29.3 Å². The fourth-order valence-electron chi connectivity index (χ4n) is 4.07. The molecule has 1 saturated heterocycles. The summed E-state index contributed by atoms with van der Waals surface area (Å²) in [6, 6.07) is 5.60. The highest BCUT2D eigenvalue weighted by Crippen LogP contribution is 2.59. The molecule has 6 heteroatoms. The van der Waals surface area contributed by atoms with Crippen LogP contribution in [0, 0.1) is 11.3 Å². The van der Waals surface area contributed by atoms with E-state index in [4.69, 9.17) is 14.6 Å². The van der Waals surface area contributed by atoms with E-state index in [9.17, 15) is 9.59 Å². The van der Waals surface area contributed by atoms with Crippen molar-refractivity contribution in [3.63, 3.8) is 0 Å². The lowest BCUT2D eigenvalue weighted by Gasteiger charge is -2.33. The number of benzene rings is 1. The molecular formula is C19H21NO5. The number of methoxy groups -OCH3 is 1. The van der Waals surface area contributed by atoms with Crippen LogP contribution >= 0.6 is 0 Å². The lowest BCUT2D eigenvalue weighted by atomic mass is 9.90. The van der Waals surface area contributed by atoms with Gasteiger partial charge in [-0.15, -0.1) is 0 Å². The van der Waals surface area contributed by atoms with Crippen LogP contribution in [0.4, 0.5) is 0 Å². The van der Waals surface area contributed by atoms with Gasteiger partial charge in [-0.1, -0.05) is 12.1 Å². The van der Waals surface area contributed by atoms with Crippen LogP contribution in [0.25, 0.3) is 6.08 Å². The van der Waals surface area contributed by atoms with Gasteiger partial charge in [0.15, 0.2) is 11.5 Å². The second-order valence-electron chi connectivity index (χ2n) is 7.09. The van der Waals surface area contributed by atoms with Crippen LogP contribution in [0.3, 0.4) is 0 Å². The Labute approximate surface area is 146 Å². The molecule has 1 spiro atoms. The van der Waals surface area contributed by atoms with Gasteiger partial charge in [0.1, 0.15) is 6.61 Å². The molecule has 0 bridgehead atoms. The fourth-order valence-corrected chi connectivity index (χ4v) is 4.07. The van der Waals surface area contributed by atoms with E-state index in [1.807, 2.05) is 29.2 Å². The van der Waals surface area contributed by atoms with Crippen molar-refractivity contribution >= 4 is 18.0 Å². The standard InChI is InChI=1S/C19H21NO5/c1-24-15-4-2-3-12-9-13(11-25-16(12)15)17(21)20-7-5-19(6-8-20)10-14(19)18(22)23/h2-4,9,14H,5-8,10-11H2,1H3,(H,22,23). The molecule has 1 unspecified atom stereocenters. The first-order valence-corrected chi connectivity index (χ1v) is 8.56. The molecule has 1 saturated carbocycles. The molecule has 132 valence electrons.